The Labute approximate surface area is 230 Å². The van der Waals surface area contributed by atoms with E-state index in [2.05, 4.69) is 15.5 Å². The second-order valence-electron chi connectivity index (χ2n) is 10.00. The maximum absolute atomic E-state index is 12.1. The highest BCUT2D eigenvalue weighted by molar-refractivity contribution is 5.89. The molecule has 0 radical (unpaired) electrons. The average Bonchev–Trinajstić information content (AvgIpc) is 2.97. The van der Waals surface area contributed by atoms with Gasteiger partial charge in [0.1, 0.15) is 0 Å². The van der Waals surface area contributed by atoms with Crippen molar-refractivity contribution in [1.29, 1.82) is 0 Å². The minimum Gasteiger partial charge on any atom is -0.392 e. The van der Waals surface area contributed by atoms with Crippen molar-refractivity contribution in [3.8, 4) is 0 Å². The molecule has 3 aromatic carbocycles. The third-order valence-electron chi connectivity index (χ3n) is 7.15. The Morgan fingerprint density at radius 1 is 1.03 bits per heavy atom. The lowest BCUT2D eigenvalue weighted by Gasteiger charge is -2.39. The predicted molar refractivity (Wildman–Crippen MR) is 151 cm³/mol. The molecule has 1 aliphatic heterocycles. The zero-order valence-corrected chi connectivity index (χ0v) is 22.8. The van der Waals surface area contributed by atoms with Crippen LogP contribution in [-0.2, 0) is 16.1 Å². The van der Waals surface area contributed by atoms with Gasteiger partial charge in [-0.05, 0) is 49.7 Å². The second-order valence-corrected chi connectivity index (χ2v) is 10.00. The lowest BCUT2D eigenvalue weighted by atomic mass is 9.98. The van der Waals surface area contributed by atoms with Gasteiger partial charge in [-0.3, -0.25) is 4.90 Å². The first-order valence-electron chi connectivity index (χ1n) is 13.5. The van der Waals surface area contributed by atoms with Gasteiger partial charge in [0.25, 0.3) is 0 Å². The molecule has 8 heteroatoms. The SMILES string of the molecule is CCNC(=O)Nc1cccc([C@@H]2O[C@H](CN(C)[C@@H](C)[C@H](O)c3ccccc3)C[C@H](c3ccc(CO)cc3)O2)c1. The largest absolute Gasteiger partial charge is 0.392 e. The second kappa shape index (κ2) is 13.7. The topological polar surface area (TPSA) is 103 Å². The molecule has 4 rings (SSSR count). The summed E-state index contributed by atoms with van der Waals surface area (Å²) in [6, 6.07) is 24.5. The lowest BCUT2D eigenvalue weighted by molar-refractivity contribution is -0.253. The number of hydrogen-bond donors (Lipinski definition) is 4. The number of anilines is 1. The summed E-state index contributed by atoms with van der Waals surface area (Å²) in [4.78, 5) is 14.2. The molecule has 39 heavy (non-hydrogen) atoms. The number of ether oxygens (including phenoxy) is 2. The van der Waals surface area contributed by atoms with E-state index < -0.39 is 12.4 Å². The summed E-state index contributed by atoms with van der Waals surface area (Å²) in [6.45, 7) is 4.98. The quantitative estimate of drug-likeness (QED) is 0.295. The number of hydrogen-bond acceptors (Lipinski definition) is 6. The van der Waals surface area contributed by atoms with Crippen LogP contribution in [0.25, 0.3) is 0 Å². The average molecular weight is 534 g/mol. The summed E-state index contributed by atoms with van der Waals surface area (Å²) >= 11 is 0. The zero-order valence-electron chi connectivity index (χ0n) is 22.8. The molecule has 1 heterocycles. The normalized spacial score (nSPS) is 20.8. The van der Waals surface area contributed by atoms with Crippen molar-refractivity contribution in [3.63, 3.8) is 0 Å². The van der Waals surface area contributed by atoms with Crippen molar-refractivity contribution in [1.82, 2.24) is 10.2 Å². The van der Waals surface area contributed by atoms with E-state index in [1.54, 1.807) is 0 Å². The smallest absolute Gasteiger partial charge is 0.319 e. The standard InChI is InChI=1S/C31H39N3O5/c1-4-32-31(37)33-26-12-8-11-25(17-26)30-38-27(18-28(39-30)23-15-13-22(20-35)14-16-23)19-34(3)21(2)29(36)24-9-6-5-7-10-24/h5-17,21,27-30,35-36H,4,18-20H2,1-3H3,(H2,32,33,37)/t21-,27-,28+,29-,30+/m0/s1. The van der Waals surface area contributed by atoms with Gasteiger partial charge in [0.15, 0.2) is 6.29 Å². The van der Waals surface area contributed by atoms with Gasteiger partial charge in [-0.25, -0.2) is 4.79 Å². The number of rotatable bonds is 10. The highest BCUT2D eigenvalue weighted by atomic mass is 16.7. The number of amides is 2. The Morgan fingerprint density at radius 3 is 2.46 bits per heavy atom. The number of aliphatic hydroxyl groups is 2. The molecule has 0 spiro atoms. The molecular weight excluding hydrogens is 494 g/mol. The Kier molecular flexibility index (Phi) is 10.1. The number of carbonyl (C=O) groups is 1. The van der Waals surface area contributed by atoms with Crippen LogP contribution >= 0.6 is 0 Å². The number of nitrogens with zero attached hydrogens (tertiary/aromatic N) is 1. The monoisotopic (exact) mass is 533 g/mol. The molecule has 1 aliphatic rings. The molecule has 0 aliphatic carbocycles. The van der Waals surface area contributed by atoms with Crippen LogP contribution in [0.15, 0.2) is 78.9 Å². The van der Waals surface area contributed by atoms with Crippen molar-refractivity contribution >= 4 is 11.7 Å². The van der Waals surface area contributed by atoms with E-state index in [1.807, 2.05) is 99.8 Å². The molecule has 3 aromatic rings. The molecule has 208 valence electrons. The Hall–Kier alpha value is -3.27. The zero-order chi connectivity index (χ0) is 27.8. The number of benzene rings is 3. The van der Waals surface area contributed by atoms with Gasteiger partial charge in [-0.1, -0.05) is 66.7 Å². The molecule has 5 atom stereocenters. The maximum Gasteiger partial charge on any atom is 0.319 e. The Bertz CT molecular complexity index is 1190. The molecule has 1 saturated heterocycles. The number of aliphatic hydroxyl groups excluding tert-OH is 2. The highest BCUT2D eigenvalue weighted by Crippen LogP contribution is 2.39. The summed E-state index contributed by atoms with van der Waals surface area (Å²) in [6.07, 6.45) is -1.06. The molecule has 1 fully saturated rings. The summed E-state index contributed by atoms with van der Waals surface area (Å²) in [7, 11) is 1.99. The van der Waals surface area contributed by atoms with Crippen LogP contribution in [0.5, 0.6) is 0 Å². The van der Waals surface area contributed by atoms with Gasteiger partial charge in [-0.2, -0.15) is 0 Å². The fraction of sp³-hybridized carbons (Fsp3) is 0.387. The maximum atomic E-state index is 12.1. The van der Waals surface area contributed by atoms with Gasteiger partial charge < -0.3 is 30.3 Å². The van der Waals surface area contributed by atoms with Gasteiger partial charge in [0, 0.05) is 36.8 Å². The van der Waals surface area contributed by atoms with Gasteiger partial charge >= 0.3 is 6.03 Å². The van der Waals surface area contributed by atoms with E-state index in [0.29, 0.717) is 25.2 Å². The van der Waals surface area contributed by atoms with Crippen molar-refractivity contribution in [3.05, 3.63) is 101 Å². The number of likely N-dealkylation sites (N-methyl/N-ethyl adjacent to an activating group) is 1. The molecule has 2 amide bonds. The van der Waals surface area contributed by atoms with E-state index >= 15 is 0 Å². The first-order chi connectivity index (χ1) is 18.9. The Balaban J connectivity index is 1.53. The van der Waals surface area contributed by atoms with Crippen LogP contribution in [0.3, 0.4) is 0 Å². The summed E-state index contributed by atoms with van der Waals surface area (Å²) in [5, 5.41) is 26.0. The van der Waals surface area contributed by atoms with Crippen LogP contribution in [0.1, 0.15) is 61.0 Å². The minimum atomic E-state index is -0.648. The van der Waals surface area contributed by atoms with Crippen LogP contribution in [-0.4, -0.2) is 53.4 Å². The van der Waals surface area contributed by atoms with Crippen molar-refractivity contribution in [2.24, 2.45) is 0 Å². The highest BCUT2D eigenvalue weighted by Gasteiger charge is 2.34. The fourth-order valence-electron chi connectivity index (χ4n) is 4.79. The fourth-order valence-corrected chi connectivity index (χ4v) is 4.79. The van der Waals surface area contributed by atoms with Crippen LogP contribution < -0.4 is 10.6 Å². The predicted octanol–water partition coefficient (Wildman–Crippen LogP) is 4.92. The third kappa shape index (κ3) is 7.65. The van der Waals surface area contributed by atoms with Crippen LogP contribution in [0.4, 0.5) is 10.5 Å². The molecule has 4 N–H and O–H groups in total. The minimum absolute atomic E-state index is 0.0159. The third-order valence-corrected chi connectivity index (χ3v) is 7.15. The first kappa shape index (κ1) is 28.7. The molecular formula is C31H39N3O5. The summed E-state index contributed by atoms with van der Waals surface area (Å²) in [5.74, 6) is 0. The molecule has 0 saturated carbocycles. The number of urea groups is 1. The van der Waals surface area contributed by atoms with Gasteiger partial charge in [-0.15, -0.1) is 0 Å². The van der Waals surface area contributed by atoms with E-state index in [0.717, 1.165) is 22.3 Å². The molecule has 8 nitrogen and oxygen atoms in total. The van der Waals surface area contributed by atoms with Crippen molar-refractivity contribution < 1.29 is 24.5 Å². The van der Waals surface area contributed by atoms with Gasteiger partial charge in [0.05, 0.1) is 24.9 Å². The molecule has 0 unspecified atom stereocenters. The first-order valence-corrected chi connectivity index (χ1v) is 13.5. The van der Waals surface area contributed by atoms with Crippen LogP contribution in [0.2, 0.25) is 0 Å². The Morgan fingerprint density at radius 2 is 1.77 bits per heavy atom. The van der Waals surface area contributed by atoms with Crippen molar-refractivity contribution in [2.45, 2.75) is 57.5 Å². The summed E-state index contributed by atoms with van der Waals surface area (Å²) < 4.78 is 12.9. The number of carbonyl (C=O) groups excluding carboxylic acids is 1. The summed E-state index contributed by atoms with van der Waals surface area (Å²) in [5.41, 5.74) is 4.16. The molecule has 0 aromatic heterocycles. The molecule has 0 bridgehead atoms. The van der Waals surface area contributed by atoms with Crippen molar-refractivity contribution in [2.75, 3.05) is 25.5 Å². The van der Waals surface area contributed by atoms with E-state index in [-0.39, 0.29) is 30.9 Å². The number of nitrogens with one attached hydrogen (secondary N) is 2. The van der Waals surface area contributed by atoms with E-state index in [9.17, 15) is 15.0 Å². The van der Waals surface area contributed by atoms with Crippen LogP contribution in [0, 0.1) is 0 Å². The lowest BCUT2D eigenvalue weighted by Crippen LogP contribution is -2.43. The van der Waals surface area contributed by atoms with E-state index in [1.165, 1.54) is 0 Å². The van der Waals surface area contributed by atoms with Gasteiger partial charge in [0.2, 0.25) is 0 Å². The van der Waals surface area contributed by atoms with E-state index in [4.69, 9.17) is 9.47 Å².